The summed E-state index contributed by atoms with van der Waals surface area (Å²) in [6.07, 6.45) is 2.20. The second-order valence-corrected chi connectivity index (χ2v) is 7.38. The molecule has 0 bridgehead atoms. The quantitative estimate of drug-likeness (QED) is 0.824. The average Bonchev–Trinajstić information content (AvgIpc) is 2.62. The summed E-state index contributed by atoms with van der Waals surface area (Å²) in [7, 11) is 0. The molecule has 0 aromatic heterocycles. The first-order chi connectivity index (χ1) is 12.1. The Balaban J connectivity index is 1.44. The van der Waals surface area contributed by atoms with E-state index in [2.05, 4.69) is 34.5 Å². The summed E-state index contributed by atoms with van der Waals surface area (Å²) in [6.45, 7) is 3.82. The zero-order chi connectivity index (χ0) is 17.6. The van der Waals surface area contributed by atoms with E-state index in [-0.39, 0.29) is 5.91 Å². The van der Waals surface area contributed by atoms with Gasteiger partial charge in [-0.3, -0.25) is 9.69 Å². The topological polar surface area (TPSA) is 32.3 Å². The van der Waals surface area contributed by atoms with Crippen LogP contribution in [0.15, 0.2) is 48.5 Å². The Morgan fingerprint density at radius 3 is 2.48 bits per heavy atom. The Hall–Kier alpha value is -1.55. The van der Waals surface area contributed by atoms with Crippen molar-refractivity contribution in [3.63, 3.8) is 0 Å². The normalized spacial score (nSPS) is 15.9. The lowest BCUT2D eigenvalue weighted by Gasteiger charge is -2.32. The number of carbonyl (C=O) groups excluding carboxylic acids is 1. The van der Waals surface area contributed by atoms with E-state index in [4.69, 9.17) is 23.2 Å². The number of nitrogens with zero attached hydrogens (tertiary/aromatic N) is 1. The largest absolute Gasteiger partial charge is 0.352 e. The molecule has 3 rings (SSSR count). The first kappa shape index (κ1) is 18.2. The molecule has 1 N–H and O–H groups in total. The standard InChI is InChI=1S/C20H22Cl2N2O/c21-17-6-7-18(19(22)12-17)20(25)23-13-15-8-10-24(11-9-15)14-16-4-2-1-3-5-16/h1-7,12,15H,8-11,13-14H2,(H,23,25). The fourth-order valence-electron chi connectivity index (χ4n) is 3.20. The van der Waals surface area contributed by atoms with Gasteiger partial charge in [0.05, 0.1) is 10.6 Å². The van der Waals surface area contributed by atoms with Gasteiger partial charge in [-0.05, 0) is 55.6 Å². The van der Waals surface area contributed by atoms with Crippen molar-refractivity contribution in [1.82, 2.24) is 10.2 Å². The number of amides is 1. The van der Waals surface area contributed by atoms with Crippen LogP contribution in [-0.4, -0.2) is 30.4 Å². The average molecular weight is 377 g/mol. The van der Waals surface area contributed by atoms with E-state index in [0.717, 1.165) is 32.5 Å². The first-order valence-electron chi connectivity index (χ1n) is 8.61. The fraction of sp³-hybridized carbons (Fsp3) is 0.350. The van der Waals surface area contributed by atoms with Gasteiger partial charge < -0.3 is 5.32 Å². The van der Waals surface area contributed by atoms with Gasteiger partial charge in [-0.1, -0.05) is 53.5 Å². The van der Waals surface area contributed by atoms with Gasteiger partial charge in [-0.2, -0.15) is 0 Å². The molecule has 0 radical (unpaired) electrons. The van der Waals surface area contributed by atoms with Crippen LogP contribution >= 0.6 is 23.2 Å². The molecule has 0 spiro atoms. The molecule has 0 saturated carbocycles. The highest BCUT2D eigenvalue weighted by Crippen LogP contribution is 2.22. The molecule has 1 aliphatic heterocycles. The minimum Gasteiger partial charge on any atom is -0.352 e. The van der Waals surface area contributed by atoms with Crippen LogP contribution in [0.1, 0.15) is 28.8 Å². The molecule has 3 nitrogen and oxygen atoms in total. The molecule has 2 aromatic rings. The maximum atomic E-state index is 12.3. The van der Waals surface area contributed by atoms with Gasteiger partial charge in [0.25, 0.3) is 5.91 Å². The zero-order valence-electron chi connectivity index (χ0n) is 14.1. The number of likely N-dealkylation sites (tertiary alicyclic amines) is 1. The highest BCUT2D eigenvalue weighted by molar-refractivity contribution is 6.36. The molecule has 2 aromatic carbocycles. The predicted octanol–water partition coefficient (Wildman–Crippen LogP) is 4.64. The summed E-state index contributed by atoms with van der Waals surface area (Å²) >= 11 is 12.0. The molecule has 1 fully saturated rings. The SMILES string of the molecule is O=C(NCC1CCN(Cc2ccccc2)CC1)c1ccc(Cl)cc1Cl. The van der Waals surface area contributed by atoms with Crippen LogP contribution in [0.4, 0.5) is 0 Å². The molecule has 5 heteroatoms. The van der Waals surface area contributed by atoms with Gasteiger partial charge in [0, 0.05) is 18.1 Å². The minimum absolute atomic E-state index is 0.131. The highest BCUT2D eigenvalue weighted by Gasteiger charge is 2.20. The van der Waals surface area contributed by atoms with Gasteiger partial charge in [0.2, 0.25) is 0 Å². The van der Waals surface area contributed by atoms with Crippen LogP contribution in [0.3, 0.4) is 0 Å². The summed E-state index contributed by atoms with van der Waals surface area (Å²) in [5, 5.41) is 3.93. The van der Waals surface area contributed by atoms with Crippen LogP contribution in [0.2, 0.25) is 10.0 Å². The van der Waals surface area contributed by atoms with Crippen molar-refractivity contribution in [3.05, 3.63) is 69.7 Å². The van der Waals surface area contributed by atoms with Gasteiger partial charge in [-0.15, -0.1) is 0 Å². The van der Waals surface area contributed by atoms with Gasteiger partial charge in [-0.25, -0.2) is 0 Å². The molecular weight excluding hydrogens is 355 g/mol. The molecule has 1 heterocycles. The molecule has 0 atom stereocenters. The number of hydrogen-bond donors (Lipinski definition) is 1. The monoisotopic (exact) mass is 376 g/mol. The second kappa shape index (κ2) is 8.70. The molecule has 1 amide bonds. The van der Waals surface area contributed by atoms with Crippen molar-refractivity contribution in [2.24, 2.45) is 5.92 Å². The van der Waals surface area contributed by atoms with Crippen molar-refractivity contribution in [3.8, 4) is 0 Å². The summed E-state index contributed by atoms with van der Waals surface area (Å²) in [6, 6.07) is 15.5. The second-order valence-electron chi connectivity index (χ2n) is 6.54. The fourth-order valence-corrected chi connectivity index (χ4v) is 3.69. The van der Waals surface area contributed by atoms with E-state index in [1.807, 2.05) is 6.07 Å². The number of nitrogens with one attached hydrogen (secondary N) is 1. The maximum Gasteiger partial charge on any atom is 0.252 e. The lowest BCUT2D eigenvalue weighted by molar-refractivity contribution is 0.0935. The number of rotatable bonds is 5. The zero-order valence-corrected chi connectivity index (χ0v) is 15.6. The van der Waals surface area contributed by atoms with E-state index in [9.17, 15) is 4.79 Å². The smallest absolute Gasteiger partial charge is 0.252 e. The van der Waals surface area contributed by atoms with E-state index < -0.39 is 0 Å². The van der Waals surface area contributed by atoms with Crippen LogP contribution in [0.25, 0.3) is 0 Å². The Kier molecular flexibility index (Phi) is 6.35. The van der Waals surface area contributed by atoms with E-state index in [1.54, 1.807) is 18.2 Å². The van der Waals surface area contributed by atoms with Gasteiger partial charge in [0.15, 0.2) is 0 Å². The third-order valence-corrected chi connectivity index (χ3v) is 5.23. The lowest BCUT2D eigenvalue weighted by Crippen LogP contribution is -2.38. The Bertz CT molecular complexity index is 713. The Labute approximate surface area is 158 Å². The Morgan fingerprint density at radius 2 is 1.80 bits per heavy atom. The van der Waals surface area contributed by atoms with E-state index >= 15 is 0 Å². The molecule has 0 aliphatic carbocycles. The van der Waals surface area contributed by atoms with Crippen molar-refractivity contribution in [1.29, 1.82) is 0 Å². The van der Waals surface area contributed by atoms with Crippen LogP contribution in [0.5, 0.6) is 0 Å². The van der Waals surface area contributed by atoms with Crippen molar-refractivity contribution in [2.75, 3.05) is 19.6 Å². The van der Waals surface area contributed by atoms with Gasteiger partial charge >= 0.3 is 0 Å². The van der Waals surface area contributed by atoms with Crippen molar-refractivity contribution < 1.29 is 4.79 Å². The summed E-state index contributed by atoms with van der Waals surface area (Å²) in [5.41, 5.74) is 1.83. The third-order valence-electron chi connectivity index (χ3n) is 4.68. The third kappa shape index (κ3) is 5.21. The first-order valence-corrected chi connectivity index (χ1v) is 9.37. The van der Waals surface area contributed by atoms with Crippen molar-refractivity contribution in [2.45, 2.75) is 19.4 Å². The summed E-state index contributed by atoms with van der Waals surface area (Å²) < 4.78 is 0. The molecule has 1 saturated heterocycles. The number of hydrogen-bond acceptors (Lipinski definition) is 2. The highest BCUT2D eigenvalue weighted by atomic mass is 35.5. The molecule has 25 heavy (non-hydrogen) atoms. The maximum absolute atomic E-state index is 12.3. The van der Waals surface area contributed by atoms with Crippen LogP contribution < -0.4 is 5.32 Å². The number of benzene rings is 2. The van der Waals surface area contributed by atoms with Crippen molar-refractivity contribution >= 4 is 29.1 Å². The number of piperidine rings is 1. The van der Waals surface area contributed by atoms with Crippen LogP contribution in [0, 0.1) is 5.92 Å². The van der Waals surface area contributed by atoms with E-state index in [0.29, 0.717) is 28.1 Å². The number of carbonyl (C=O) groups is 1. The summed E-state index contributed by atoms with van der Waals surface area (Å²) in [5.74, 6) is 0.385. The predicted molar refractivity (Wildman–Crippen MR) is 103 cm³/mol. The molecular formula is C20H22Cl2N2O. The summed E-state index contributed by atoms with van der Waals surface area (Å²) in [4.78, 5) is 14.8. The van der Waals surface area contributed by atoms with Crippen LogP contribution in [-0.2, 0) is 6.54 Å². The van der Waals surface area contributed by atoms with Gasteiger partial charge in [0.1, 0.15) is 0 Å². The molecule has 132 valence electrons. The Morgan fingerprint density at radius 1 is 1.08 bits per heavy atom. The number of halogens is 2. The minimum atomic E-state index is -0.131. The lowest BCUT2D eigenvalue weighted by atomic mass is 9.96. The molecule has 0 unspecified atom stereocenters. The van der Waals surface area contributed by atoms with E-state index in [1.165, 1.54) is 5.56 Å². The molecule has 1 aliphatic rings.